The molecule has 0 heterocycles. The fourth-order valence-corrected chi connectivity index (χ4v) is 4.65. The number of hydrogen-bond donors (Lipinski definition) is 0. The third-order valence-corrected chi connectivity index (χ3v) is 6.93. The number of rotatable bonds is 19. The van der Waals surface area contributed by atoms with Crippen LogP contribution in [-0.2, 0) is 0 Å². The van der Waals surface area contributed by atoms with Crippen LogP contribution in [0.15, 0.2) is 54.6 Å². The molecule has 0 aliphatic rings. The van der Waals surface area contributed by atoms with E-state index in [1.165, 1.54) is 102 Å². The van der Waals surface area contributed by atoms with E-state index < -0.39 is 0 Å². The van der Waals surface area contributed by atoms with Crippen LogP contribution in [0.5, 0.6) is 0 Å². The highest BCUT2D eigenvalue weighted by Gasteiger charge is 2.11. The maximum Gasteiger partial charge on any atom is 0.253 e. The van der Waals surface area contributed by atoms with E-state index in [-0.39, 0.29) is 5.91 Å². The molecule has 0 saturated carbocycles. The largest absolute Gasteiger partial charge is 0.342 e. The van der Waals surface area contributed by atoms with Crippen molar-refractivity contribution in [3.63, 3.8) is 0 Å². The van der Waals surface area contributed by atoms with E-state index in [4.69, 9.17) is 0 Å². The molecule has 0 unspecified atom stereocenters. The predicted octanol–water partition coefficient (Wildman–Crippen LogP) is 9.69. The Bertz CT molecular complexity index is 752. The van der Waals surface area contributed by atoms with Gasteiger partial charge >= 0.3 is 0 Å². The molecule has 1 amide bonds. The van der Waals surface area contributed by atoms with E-state index in [2.05, 4.69) is 19.1 Å². The molecule has 0 fully saturated rings. The predicted molar refractivity (Wildman–Crippen MR) is 148 cm³/mol. The smallest absolute Gasteiger partial charge is 0.253 e. The first-order chi connectivity index (χ1) is 16.7. The van der Waals surface area contributed by atoms with Gasteiger partial charge < -0.3 is 4.90 Å². The monoisotopic (exact) mass is 463 g/mol. The van der Waals surface area contributed by atoms with Gasteiger partial charge in [-0.15, -0.1) is 0 Å². The molecule has 2 rings (SSSR count). The minimum atomic E-state index is 0.126. The van der Waals surface area contributed by atoms with Gasteiger partial charge in [-0.3, -0.25) is 4.79 Å². The Hall–Kier alpha value is -2.09. The average molecular weight is 464 g/mol. The van der Waals surface area contributed by atoms with Gasteiger partial charge in [-0.25, -0.2) is 0 Å². The van der Waals surface area contributed by atoms with Crippen molar-refractivity contribution in [2.24, 2.45) is 0 Å². The van der Waals surface area contributed by atoms with Crippen LogP contribution in [0.3, 0.4) is 0 Å². The first-order valence-electron chi connectivity index (χ1n) is 14.1. The summed E-state index contributed by atoms with van der Waals surface area (Å²) in [5.74, 6) is 0.126. The Labute approximate surface area is 210 Å². The second-order valence-electron chi connectivity index (χ2n) is 9.97. The minimum Gasteiger partial charge on any atom is -0.342 e. The highest BCUT2D eigenvalue weighted by molar-refractivity contribution is 5.94. The molecule has 34 heavy (non-hydrogen) atoms. The SMILES string of the molecule is CCCCCCCCCCCCCCCCCCN(C)C(=O)c1ccc(-c2ccccc2)cc1. The highest BCUT2D eigenvalue weighted by atomic mass is 16.2. The molecule has 0 N–H and O–H groups in total. The third-order valence-electron chi connectivity index (χ3n) is 6.93. The molecular formula is C32H49NO. The number of benzene rings is 2. The molecule has 0 radical (unpaired) electrons. The van der Waals surface area contributed by atoms with Gasteiger partial charge in [0, 0.05) is 19.2 Å². The van der Waals surface area contributed by atoms with E-state index in [1.54, 1.807) is 0 Å². The van der Waals surface area contributed by atoms with Gasteiger partial charge in [0.25, 0.3) is 5.91 Å². The van der Waals surface area contributed by atoms with Crippen LogP contribution in [-0.4, -0.2) is 24.4 Å². The summed E-state index contributed by atoms with van der Waals surface area (Å²) >= 11 is 0. The Morgan fingerprint density at radius 3 is 1.44 bits per heavy atom. The van der Waals surface area contributed by atoms with Crippen LogP contribution in [0.4, 0.5) is 0 Å². The summed E-state index contributed by atoms with van der Waals surface area (Å²) in [7, 11) is 1.93. The van der Waals surface area contributed by atoms with Crippen LogP contribution >= 0.6 is 0 Å². The zero-order valence-electron chi connectivity index (χ0n) is 22.1. The van der Waals surface area contributed by atoms with Crippen molar-refractivity contribution in [2.75, 3.05) is 13.6 Å². The summed E-state index contributed by atoms with van der Waals surface area (Å²) in [6.45, 7) is 3.13. The van der Waals surface area contributed by atoms with Gasteiger partial charge in [-0.05, 0) is 29.7 Å². The van der Waals surface area contributed by atoms with Crippen molar-refractivity contribution in [2.45, 2.75) is 110 Å². The zero-order valence-corrected chi connectivity index (χ0v) is 22.1. The molecule has 2 heteroatoms. The third kappa shape index (κ3) is 11.9. The Morgan fingerprint density at radius 1 is 0.559 bits per heavy atom. The van der Waals surface area contributed by atoms with Crippen LogP contribution in [0.1, 0.15) is 120 Å². The second kappa shape index (κ2) is 18.3. The number of nitrogens with zero attached hydrogens (tertiary/aromatic N) is 1. The lowest BCUT2D eigenvalue weighted by Gasteiger charge is -2.17. The zero-order chi connectivity index (χ0) is 24.3. The Morgan fingerprint density at radius 2 is 0.971 bits per heavy atom. The number of hydrogen-bond acceptors (Lipinski definition) is 1. The van der Waals surface area contributed by atoms with Crippen molar-refractivity contribution < 1.29 is 4.79 Å². The molecule has 2 nitrogen and oxygen atoms in total. The van der Waals surface area contributed by atoms with E-state index >= 15 is 0 Å². The van der Waals surface area contributed by atoms with E-state index in [9.17, 15) is 4.79 Å². The van der Waals surface area contributed by atoms with E-state index in [1.807, 2.05) is 54.4 Å². The molecule has 0 spiro atoms. The van der Waals surface area contributed by atoms with Crippen molar-refractivity contribution in [1.29, 1.82) is 0 Å². The van der Waals surface area contributed by atoms with Crippen LogP contribution < -0.4 is 0 Å². The summed E-state index contributed by atoms with van der Waals surface area (Å²) < 4.78 is 0. The molecule has 0 aliphatic carbocycles. The molecule has 188 valence electrons. The maximum absolute atomic E-state index is 12.7. The van der Waals surface area contributed by atoms with Crippen molar-refractivity contribution in [3.8, 4) is 11.1 Å². The topological polar surface area (TPSA) is 20.3 Å². The Balaban J connectivity index is 1.44. The maximum atomic E-state index is 12.7. The number of carbonyl (C=O) groups is 1. The van der Waals surface area contributed by atoms with Crippen molar-refractivity contribution >= 4 is 5.91 Å². The van der Waals surface area contributed by atoms with Crippen LogP contribution in [0.2, 0.25) is 0 Å². The van der Waals surface area contributed by atoms with E-state index in [0.29, 0.717) is 0 Å². The molecule has 0 atom stereocenters. The second-order valence-corrected chi connectivity index (χ2v) is 9.97. The van der Waals surface area contributed by atoms with Gasteiger partial charge in [-0.1, -0.05) is 146 Å². The number of unbranched alkanes of at least 4 members (excludes halogenated alkanes) is 15. The summed E-state index contributed by atoms with van der Waals surface area (Å²) in [5, 5.41) is 0. The standard InChI is InChI=1S/C32H49NO/c1-3-4-5-6-7-8-9-10-11-12-13-14-15-16-17-21-28-33(2)32(34)31-26-24-30(25-27-31)29-22-19-18-20-23-29/h18-20,22-27H,3-17,21,28H2,1-2H3. The van der Waals surface area contributed by atoms with Gasteiger partial charge in [0.15, 0.2) is 0 Å². The lowest BCUT2D eigenvalue weighted by atomic mass is 10.0. The molecule has 2 aromatic carbocycles. The fourth-order valence-electron chi connectivity index (χ4n) is 4.65. The van der Waals surface area contributed by atoms with Gasteiger partial charge in [0.05, 0.1) is 0 Å². The van der Waals surface area contributed by atoms with Gasteiger partial charge in [-0.2, -0.15) is 0 Å². The summed E-state index contributed by atoms with van der Waals surface area (Å²) in [6.07, 6.45) is 22.0. The normalized spacial score (nSPS) is 11.0. The summed E-state index contributed by atoms with van der Waals surface area (Å²) in [5.41, 5.74) is 3.11. The number of carbonyl (C=O) groups excluding carboxylic acids is 1. The summed E-state index contributed by atoms with van der Waals surface area (Å²) in [6, 6.07) is 18.3. The average Bonchev–Trinajstić information content (AvgIpc) is 2.88. The highest BCUT2D eigenvalue weighted by Crippen LogP contribution is 2.20. The fraction of sp³-hybridized carbons (Fsp3) is 0.594. The quantitative estimate of drug-likeness (QED) is 0.190. The molecule has 0 aliphatic heterocycles. The van der Waals surface area contributed by atoms with Gasteiger partial charge in [0.1, 0.15) is 0 Å². The van der Waals surface area contributed by atoms with E-state index in [0.717, 1.165) is 24.1 Å². The van der Waals surface area contributed by atoms with Crippen LogP contribution in [0.25, 0.3) is 11.1 Å². The molecule has 0 saturated heterocycles. The first kappa shape index (κ1) is 28.1. The molecule has 0 bridgehead atoms. The van der Waals surface area contributed by atoms with Gasteiger partial charge in [0.2, 0.25) is 0 Å². The molecular weight excluding hydrogens is 414 g/mol. The minimum absolute atomic E-state index is 0.126. The molecule has 2 aromatic rings. The number of amides is 1. The molecule has 0 aromatic heterocycles. The van der Waals surface area contributed by atoms with Crippen LogP contribution in [0, 0.1) is 0 Å². The lowest BCUT2D eigenvalue weighted by Crippen LogP contribution is -2.27. The van der Waals surface area contributed by atoms with Crippen molar-refractivity contribution in [3.05, 3.63) is 60.2 Å². The first-order valence-corrected chi connectivity index (χ1v) is 14.1. The lowest BCUT2D eigenvalue weighted by molar-refractivity contribution is 0.0792. The Kier molecular flexibility index (Phi) is 15.1. The summed E-state index contributed by atoms with van der Waals surface area (Å²) in [4.78, 5) is 14.6. The van der Waals surface area contributed by atoms with Crippen molar-refractivity contribution in [1.82, 2.24) is 4.90 Å².